The van der Waals surface area contributed by atoms with Gasteiger partial charge in [-0.3, -0.25) is 14.2 Å². The van der Waals surface area contributed by atoms with E-state index in [0.29, 0.717) is 17.4 Å². The maximum absolute atomic E-state index is 12.9. The van der Waals surface area contributed by atoms with Gasteiger partial charge in [-0.2, -0.15) is 0 Å². The van der Waals surface area contributed by atoms with Gasteiger partial charge in [0.25, 0.3) is 7.82 Å². The molecule has 0 spiro atoms. The summed E-state index contributed by atoms with van der Waals surface area (Å²) in [6.45, 7) is 4.04. The van der Waals surface area contributed by atoms with E-state index in [-0.39, 0.29) is 32.0 Å². The third-order valence-corrected chi connectivity index (χ3v) is 16.1. The third-order valence-electron chi connectivity index (χ3n) is 15.1. The summed E-state index contributed by atoms with van der Waals surface area (Å²) < 4.78 is 34.3. The van der Waals surface area contributed by atoms with Crippen LogP contribution in [-0.4, -0.2) is 70.0 Å². The lowest BCUT2D eigenvalue weighted by Gasteiger charge is -2.28. The van der Waals surface area contributed by atoms with Crippen molar-refractivity contribution in [1.82, 2.24) is 0 Å². The first-order valence-electron chi connectivity index (χ1n) is 34.9. The summed E-state index contributed by atoms with van der Waals surface area (Å²) >= 11 is 0. The minimum atomic E-state index is -4.64. The zero-order chi connectivity index (χ0) is 61.2. The minimum Gasteiger partial charge on any atom is -0.756 e. The van der Waals surface area contributed by atoms with Gasteiger partial charge in [0, 0.05) is 12.8 Å². The molecule has 10 heteroatoms. The van der Waals surface area contributed by atoms with E-state index >= 15 is 0 Å². The van der Waals surface area contributed by atoms with Crippen LogP contribution in [-0.2, 0) is 32.7 Å². The van der Waals surface area contributed by atoms with Crippen molar-refractivity contribution in [3.05, 3.63) is 97.2 Å². The normalized spacial score (nSPS) is 13.7. The van der Waals surface area contributed by atoms with Crippen LogP contribution in [0.15, 0.2) is 97.2 Å². The summed E-state index contributed by atoms with van der Waals surface area (Å²) in [5, 5.41) is 0. The van der Waals surface area contributed by atoms with Crippen LogP contribution in [0.3, 0.4) is 0 Å². The van der Waals surface area contributed by atoms with Crippen molar-refractivity contribution in [3.63, 3.8) is 0 Å². The van der Waals surface area contributed by atoms with Crippen LogP contribution in [0.1, 0.15) is 309 Å². The summed E-state index contributed by atoms with van der Waals surface area (Å²) in [6, 6.07) is 0. The number of hydrogen-bond acceptors (Lipinski definition) is 8. The standard InChI is InChI=1S/C74H132NO8P/c1-6-8-10-12-14-16-18-20-22-24-26-28-30-31-32-33-34-35-36-37-38-39-40-41-42-43-45-47-49-51-53-55-57-59-61-63-65-67-74(77)83-72(71-82-84(78,79)81-69-68-75(3,4)5)70-80-73(76)66-64-62-60-58-56-54-52-50-48-46-44-29-27-25-23-21-19-17-15-13-11-9-7-2/h8-11,14-17,20-23,26-29,72H,6-7,12-13,18-19,24-25,30-71H2,1-5H3/b10-8-,11-9-,16-14-,17-15-,22-20-,23-21-,28-26-,29-27-. The molecular formula is C74H132NO8P. The van der Waals surface area contributed by atoms with Crippen molar-refractivity contribution in [1.29, 1.82) is 0 Å². The summed E-state index contributed by atoms with van der Waals surface area (Å²) in [5.41, 5.74) is 0. The molecule has 0 aliphatic carbocycles. The second-order valence-electron chi connectivity index (χ2n) is 24.5. The Kier molecular flexibility index (Phi) is 62.1. The molecule has 9 nitrogen and oxygen atoms in total. The Morgan fingerprint density at radius 1 is 0.369 bits per heavy atom. The Hall–Kier alpha value is -3.07. The quantitative estimate of drug-likeness (QED) is 0.0195. The van der Waals surface area contributed by atoms with E-state index in [1.54, 1.807) is 0 Å². The SMILES string of the molecule is CC/C=C\C/C=C\C/C=C\C/C=C\CCCCCCCCCCCCCCCCCCCCCCCCCCC(=O)OC(COC(=O)CCCCCCCCCCCC/C=C\C/C=C\C/C=C\C/C=C\CC)COP(=O)([O-])OCC[N+](C)(C)C. The number of carbonyl (C=O) groups excluding carboxylic acids is 2. The number of phosphoric ester groups is 1. The maximum Gasteiger partial charge on any atom is 0.306 e. The van der Waals surface area contributed by atoms with Gasteiger partial charge in [0.2, 0.25) is 0 Å². The van der Waals surface area contributed by atoms with Crippen LogP contribution in [0.4, 0.5) is 0 Å². The van der Waals surface area contributed by atoms with E-state index < -0.39 is 26.5 Å². The smallest absolute Gasteiger partial charge is 0.306 e. The number of quaternary nitrogens is 1. The zero-order valence-corrected chi connectivity index (χ0v) is 56.2. The number of likely N-dealkylation sites (N-methyl/N-ethyl adjacent to an activating group) is 1. The molecule has 2 unspecified atom stereocenters. The Morgan fingerprint density at radius 3 is 0.952 bits per heavy atom. The van der Waals surface area contributed by atoms with E-state index in [9.17, 15) is 19.0 Å². The van der Waals surface area contributed by atoms with Crippen LogP contribution in [0.2, 0.25) is 0 Å². The highest BCUT2D eigenvalue weighted by atomic mass is 31.2. The third kappa shape index (κ3) is 68.0. The highest BCUT2D eigenvalue weighted by Crippen LogP contribution is 2.38. The lowest BCUT2D eigenvalue weighted by molar-refractivity contribution is -0.870. The second-order valence-corrected chi connectivity index (χ2v) is 25.9. The fraction of sp³-hybridized carbons (Fsp3) is 0.757. The molecule has 0 saturated carbocycles. The molecule has 0 aromatic heterocycles. The van der Waals surface area contributed by atoms with Gasteiger partial charge in [0.15, 0.2) is 6.10 Å². The average molecular weight is 1190 g/mol. The molecule has 0 radical (unpaired) electrons. The first kappa shape index (κ1) is 80.9. The summed E-state index contributed by atoms with van der Waals surface area (Å²) in [5.74, 6) is -0.829. The van der Waals surface area contributed by atoms with Crippen molar-refractivity contribution < 1.29 is 42.1 Å². The van der Waals surface area contributed by atoms with E-state index in [1.165, 1.54) is 173 Å². The number of nitrogens with zero attached hydrogens (tertiary/aromatic N) is 1. The van der Waals surface area contributed by atoms with Gasteiger partial charge < -0.3 is 27.9 Å². The number of phosphoric acid groups is 1. The van der Waals surface area contributed by atoms with Crippen LogP contribution in [0, 0.1) is 0 Å². The van der Waals surface area contributed by atoms with E-state index in [2.05, 4.69) is 111 Å². The molecular weight excluding hydrogens is 1060 g/mol. The van der Waals surface area contributed by atoms with E-state index in [1.807, 2.05) is 21.1 Å². The lowest BCUT2D eigenvalue weighted by atomic mass is 10.0. The summed E-state index contributed by atoms with van der Waals surface area (Å²) in [4.78, 5) is 38.0. The number of esters is 2. The molecule has 0 aliphatic rings. The van der Waals surface area contributed by atoms with E-state index in [0.717, 1.165) is 103 Å². The monoisotopic (exact) mass is 1190 g/mol. The number of allylic oxidation sites excluding steroid dienone is 16. The zero-order valence-electron chi connectivity index (χ0n) is 55.3. The van der Waals surface area contributed by atoms with Crippen LogP contribution in [0.25, 0.3) is 0 Å². The van der Waals surface area contributed by atoms with Crippen molar-refractivity contribution in [2.24, 2.45) is 0 Å². The predicted octanol–water partition coefficient (Wildman–Crippen LogP) is 22.1. The predicted molar refractivity (Wildman–Crippen MR) is 360 cm³/mol. The molecule has 0 bridgehead atoms. The van der Waals surface area contributed by atoms with Gasteiger partial charge in [0.1, 0.15) is 19.8 Å². The van der Waals surface area contributed by atoms with Crippen molar-refractivity contribution in [2.75, 3.05) is 47.5 Å². The lowest BCUT2D eigenvalue weighted by Crippen LogP contribution is -2.37. The van der Waals surface area contributed by atoms with Crippen LogP contribution >= 0.6 is 7.82 Å². The van der Waals surface area contributed by atoms with Gasteiger partial charge in [-0.1, -0.05) is 304 Å². The number of carbonyl (C=O) groups is 2. The largest absolute Gasteiger partial charge is 0.756 e. The number of unbranched alkanes of at least 4 members (excludes halogenated alkanes) is 34. The van der Waals surface area contributed by atoms with Gasteiger partial charge in [-0.25, -0.2) is 0 Å². The highest BCUT2D eigenvalue weighted by molar-refractivity contribution is 7.45. The molecule has 0 heterocycles. The molecule has 0 saturated heterocycles. The second kappa shape index (κ2) is 64.4. The maximum atomic E-state index is 12.9. The molecule has 0 N–H and O–H groups in total. The van der Waals surface area contributed by atoms with Crippen LogP contribution in [0.5, 0.6) is 0 Å². The molecule has 0 amide bonds. The number of hydrogen-bond donors (Lipinski definition) is 0. The van der Waals surface area contributed by atoms with Gasteiger partial charge in [-0.05, 0) is 89.9 Å². The average Bonchev–Trinajstić information content (AvgIpc) is 3.61. The molecule has 84 heavy (non-hydrogen) atoms. The molecule has 0 rings (SSSR count). The Bertz CT molecular complexity index is 1740. The summed E-state index contributed by atoms with van der Waals surface area (Å²) in [6.07, 6.45) is 89.2. The number of rotatable bonds is 64. The van der Waals surface area contributed by atoms with Crippen molar-refractivity contribution in [2.45, 2.75) is 315 Å². The van der Waals surface area contributed by atoms with Crippen molar-refractivity contribution in [3.8, 4) is 0 Å². The first-order chi connectivity index (χ1) is 41.0. The molecule has 0 aliphatic heterocycles. The van der Waals surface area contributed by atoms with Gasteiger partial charge >= 0.3 is 11.9 Å². The van der Waals surface area contributed by atoms with Crippen molar-refractivity contribution >= 4 is 19.8 Å². The molecule has 0 aromatic rings. The first-order valence-corrected chi connectivity index (χ1v) is 36.4. The Labute approximate surface area is 519 Å². The van der Waals surface area contributed by atoms with E-state index in [4.69, 9.17) is 18.5 Å². The molecule has 486 valence electrons. The minimum absolute atomic E-state index is 0.0331. The highest BCUT2D eigenvalue weighted by Gasteiger charge is 2.22. The topological polar surface area (TPSA) is 111 Å². The van der Waals surface area contributed by atoms with Gasteiger partial charge in [0.05, 0.1) is 27.7 Å². The summed E-state index contributed by atoms with van der Waals surface area (Å²) in [7, 11) is 1.17. The molecule has 0 fully saturated rings. The fourth-order valence-corrected chi connectivity index (χ4v) is 10.5. The fourth-order valence-electron chi connectivity index (χ4n) is 9.82. The molecule has 0 aromatic carbocycles. The molecule has 2 atom stereocenters. The Morgan fingerprint density at radius 2 is 0.643 bits per heavy atom. The number of ether oxygens (including phenoxy) is 2. The van der Waals surface area contributed by atoms with Crippen LogP contribution < -0.4 is 4.89 Å². The van der Waals surface area contributed by atoms with Gasteiger partial charge in [-0.15, -0.1) is 0 Å². The Balaban J connectivity index is 3.98.